The number of hydrogen-bond acceptors (Lipinski definition) is 10. The summed E-state index contributed by atoms with van der Waals surface area (Å²) in [5.41, 5.74) is 0.584. The zero-order valence-electron chi connectivity index (χ0n) is 14.5. The minimum atomic E-state index is -0.664. The van der Waals surface area contributed by atoms with Crippen molar-refractivity contribution in [2.24, 2.45) is 0 Å². The maximum absolute atomic E-state index is 13.0. The molecule has 3 aromatic rings. The number of imide groups is 1. The molecule has 0 spiro atoms. The van der Waals surface area contributed by atoms with Gasteiger partial charge in [0.1, 0.15) is 19.8 Å². The van der Waals surface area contributed by atoms with Crippen LogP contribution in [-0.2, 0) is 0 Å². The first-order valence-electron chi connectivity index (χ1n) is 8.16. The molecule has 0 atom stereocenters. The van der Waals surface area contributed by atoms with Crippen molar-refractivity contribution in [1.82, 2.24) is 4.90 Å². The highest BCUT2D eigenvalue weighted by Gasteiger charge is 2.42. The first-order valence-corrected chi connectivity index (χ1v) is 14.8. The molecule has 2 aromatic heterocycles. The summed E-state index contributed by atoms with van der Waals surface area (Å²) in [5.74, 6) is -1.33. The summed E-state index contributed by atoms with van der Waals surface area (Å²) >= 11 is 25.8. The molecule has 2 aliphatic heterocycles. The standard InChI is InChI=1S/C16H4Cl4N2O4S5/c17-5-3-4(6(18)8(20)7(5)19)12(24)22(11(3)23)2-1-21-9-13(25)28-30-15(9)27-16-10(21)14(26)29-31-16/h1-2H2. The van der Waals surface area contributed by atoms with E-state index in [1.54, 1.807) is 4.90 Å². The third kappa shape index (κ3) is 3.24. The molecule has 0 radical (unpaired) electrons. The fourth-order valence-corrected chi connectivity index (χ4v) is 10.8. The van der Waals surface area contributed by atoms with Gasteiger partial charge in [0.2, 0.25) is 0 Å². The molecule has 2 aliphatic rings. The number of carbonyl (C=O) groups is 2. The molecule has 2 amide bonds. The van der Waals surface area contributed by atoms with Crippen LogP contribution in [0, 0.1) is 0 Å². The Balaban J connectivity index is 1.52. The zero-order chi connectivity index (χ0) is 22.2. The number of halogens is 4. The van der Waals surface area contributed by atoms with E-state index < -0.39 is 11.8 Å². The molecule has 5 rings (SSSR count). The third-order valence-corrected chi connectivity index (χ3v) is 12.8. The Hall–Kier alpha value is -0.630. The molecular weight excluding hydrogens is 586 g/mol. The van der Waals surface area contributed by atoms with Gasteiger partial charge < -0.3 is 4.90 Å². The van der Waals surface area contributed by atoms with Crippen molar-refractivity contribution in [1.29, 1.82) is 0 Å². The topological polar surface area (TPSA) is 74.8 Å². The van der Waals surface area contributed by atoms with E-state index in [4.69, 9.17) is 46.4 Å². The molecule has 0 N–H and O–H groups in total. The van der Waals surface area contributed by atoms with Gasteiger partial charge in [-0.3, -0.25) is 24.1 Å². The minimum absolute atomic E-state index is 0.0557. The molecule has 160 valence electrons. The summed E-state index contributed by atoms with van der Waals surface area (Å²) in [6.07, 6.45) is 0. The second-order valence-corrected chi connectivity index (χ2v) is 13.5. The average Bonchev–Trinajstić information content (AvgIpc) is 3.37. The normalized spacial score (nSPS) is 14.8. The Kier molecular flexibility index (Phi) is 5.72. The lowest BCUT2D eigenvalue weighted by Gasteiger charge is -2.27. The van der Waals surface area contributed by atoms with Crippen LogP contribution in [0.4, 0.5) is 11.4 Å². The van der Waals surface area contributed by atoms with Crippen molar-refractivity contribution in [3.8, 4) is 0 Å². The smallest absolute Gasteiger partial charge is 0.267 e. The second kappa shape index (κ2) is 8.00. The first kappa shape index (κ1) is 22.2. The number of carbonyl (C=O) groups excluding carboxylic acids is 2. The van der Waals surface area contributed by atoms with Crippen molar-refractivity contribution in [3.63, 3.8) is 0 Å². The molecule has 31 heavy (non-hydrogen) atoms. The van der Waals surface area contributed by atoms with E-state index in [0.29, 0.717) is 11.4 Å². The molecule has 0 saturated carbocycles. The van der Waals surface area contributed by atoms with Crippen molar-refractivity contribution in [3.05, 3.63) is 50.3 Å². The van der Waals surface area contributed by atoms with Gasteiger partial charge in [-0.15, -0.1) is 0 Å². The van der Waals surface area contributed by atoms with Gasteiger partial charge in [-0.05, 0) is 20.7 Å². The molecule has 15 heteroatoms. The van der Waals surface area contributed by atoms with E-state index in [9.17, 15) is 19.2 Å². The van der Waals surface area contributed by atoms with Crippen LogP contribution >= 0.6 is 99.5 Å². The van der Waals surface area contributed by atoms with Crippen LogP contribution in [-0.4, -0.2) is 29.8 Å². The lowest BCUT2D eigenvalue weighted by Crippen LogP contribution is -2.39. The van der Waals surface area contributed by atoms with Gasteiger partial charge in [-0.2, -0.15) is 0 Å². The van der Waals surface area contributed by atoms with E-state index in [1.807, 2.05) is 0 Å². The number of amides is 2. The number of fused-ring (bicyclic) bond motifs is 3. The van der Waals surface area contributed by atoms with E-state index in [2.05, 4.69) is 0 Å². The van der Waals surface area contributed by atoms with Crippen LogP contribution in [0.3, 0.4) is 0 Å². The molecule has 6 nitrogen and oxygen atoms in total. The van der Waals surface area contributed by atoms with Crippen molar-refractivity contribution in [2.45, 2.75) is 8.42 Å². The largest absolute Gasteiger partial charge is 0.329 e. The van der Waals surface area contributed by atoms with Crippen LogP contribution < -0.4 is 14.4 Å². The van der Waals surface area contributed by atoms with Gasteiger partial charge >= 0.3 is 0 Å². The van der Waals surface area contributed by atoms with Crippen LogP contribution in [0.5, 0.6) is 0 Å². The van der Waals surface area contributed by atoms with E-state index in [1.165, 1.54) is 32.4 Å². The maximum Gasteiger partial charge on any atom is 0.267 e. The molecular formula is C16H4Cl4N2O4S5. The number of nitrogens with zero attached hydrogens (tertiary/aromatic N) is 2. The lowest BCUT2D eigenvalue weighted by atomic mass is 10.1. The summed E-state index contributed by atoms with van der Waals surface area (Å²) in [6, 6.07) is 0. The Morgan fingerprint density at radius 1 is 0.581 bits per heavy atom. The zero-order valence-corrected chi connectivity index (χ0v) is 21.6. The highest BCUT2D eigenvalue weighted by Crippen LogP contribution is 2.51. The highest BCUT2D eigenvalue weighted by atomic mass is 35.5. The number of rotatable bonds is 3. The molecule has 0 aliphatic carbocycles. The second-order valence-electron chi connectivity index (χ2n) is 6.20. The van der Waals surface area contributed by atoms with Crippen LogP contribution in [0.1, 0.15) is 20.7 Å². The molecule has 0 bridgehead atoms. The van der Waals surface area contributed by atoms with Crippen LogP contribution in [0.2, 0.25) is 20.1 Å². The van der Waals surface area contributed by atoms with Gasteiger partial charge in [0.25, 0.3) is 21.3 Å². The Labute approximate surface area is 212 Å². The van der Waals surface area contributed by atoms with Gasteiger partial charge in [-0.1, -0.05) is 78.8 Å². The Morgan fingerprint density at radius 3 is 1.45 bits per heavy atom. The molecule has 0 fully saturated rings. The Bertz CT molecular complexity index is 1320. The molecule has 0 unspecified atom stereocenters. The lowest BCUT2D eigenvalue weighted by molar-refractivity contribution is 0.0659. The molecule has 4 heterocycles. The van der Waals surface area contributed by atoms with Crippen LogP contribution in [0.25, 0.3) is 0 Å². The summed E-state index contributed by atoms with van der Waals surface area (Å²) in [7, 11) is 4.82. The fraction of sp³-hybridized carbons (Fsp3) is 0.125. The summed E-state index contributed by atoms with van der Waals surface area (Å²) < 4.78 is 1.20. The van der Waals surface area contributed by atoms with E-state index in [-0.39, 0.29) is 53.8 Å². The number of anilines is 2. The quantitative estimate of drug-likeness (QED) is 0.157. The third-order valence-electron chi connectivity index (χ3n) is 4.62. The summed E-state index contributed by atoms with van der Waals surface area (Å²) in [6.45, 7) is -0.0438. The van der Waals surface area contributed by atoms with E-state index in [0.717, 1.165) is 34.0 Å². The predicted octanol–water partition coefficient (Wildman–Crippen LogP) is 6.17. The van der Waals surface area contributed by atoms with Crippen molar-refractivity contribution in [2.75, 3.05) is 18.0 Å². The molecule has 0 saturated heterocycles. The van der Waals surface area contributed by atoms with Gasteiger partial charge in [-0.25, -0.2) is 0 Å². The van der Waals surface area contributed by atoms with Gasteiger partial charge in [0.15, 0.2) is 0 Å². The number of hydrogen-bond donors (Lipinski definition) is 0. The first-order chi connectivity index (χ1) is 14.7. The number of benzene rings is 1. The molecule has 1 aromatic carbocycles. The summed E-state index contributed by atoms with van der Waals surface area (Å²) in [5, 5.41) is -0.504. The van der Waals surface area contributed by atoms with Crippen LogP contribution in [0.15, 0.2) is 18.0 Å². The predicted molar refractivity (Wildman–Crippen MR) is 130 cm³/mol. The Morgan fingerprint density at radius 2 is 1.00 bits per heavy atom. The SMILES string of the molecule is O=C1c2c(Cl)c(Cl)c(Cl)c(Cl)c2C(=O)N1CCN1c2c(ssc2=O)Sc2ssc(=O)c21. The van der Waals surface area contributed by atoms with E-state index >= 15 is 0 Å². The summed E-state index contributed by atoms with van der Waals surface area (Å²) in [4.78, 5) is 53.4. The van der Waals surface area contributed by atoms with Gasteiger partial charge in [0, 0.05) is 13.1 Å². The fourth-order valence-electron chi connectivity index (χ4n) is 3.27. The average molecular weight is 590 g/mol. The van der Waals surface area contributed by atoms with Gasteiger partial charge in [0.05, 0.1) is 31.2 Å². The van der Waals surface area contributed by atoms with Crippen molar-refractivity contribution >= 4 is 123 Å². The minimum Gasteiger partial charge on any atom is -0.329 e. The monoisotopic (exact) mass is 588 g/mol. The maximum atomic E-state index is 13.0. The van der Waals surface area contributed by atoms with Crippen molar-refractivity contribution < 1.29 is 9.59 Å². The highest BCUT2D eigenvalue weighted by molar-refractivity contribution is 8.06.